The molecule has 1 aliphatic rings. The van der Waals surface area contributed by atoms with Crippen molar-refractivity contribution in [3.05, 3.63) is 0 Å². The van der Waals surface area contributed by atoms with Crippen LogP contribution in [-0.4, -0.2) is 47.6 Å². The number of hydrogen-bond acceptors (Lipinski definition) is 5. The summed E-state index contributed by atoms with van der Waals surface area (Å²) < 4.78 is 4.55. The molecule has 0 aromatic carbocycles. The Bertz CT molecular complexity index is 159. The molecule has 0 aromatic rings. The molecule has 3 N–H and O–H groups in total. The monoisotopic (exact) mass is 205 g/mol. The van der Waals surface area contributed by atoms with Gasteiger partial charge in [0.2, 0.25) is 0 Å². The highest BCUT2D eigenvalue weighted by Crippen LogP contribution is 2.02. The van der Waals surface area contributed by atoms with Crippen LogP contribution in [-0.2, 0) is 9.53 Å². The van der Waals surface area contributed by atoms with Crippen molar-refractivity contribution in [2.45, 2.75) is 38.6 Å². The highest BCUT2D eigenvalue weighted by Gasteiger charge is 2.21. The van der Waals surface area contributed by atoms with Gasteiger partial charge in [0, 0.05) is 13.1 Å². The van der Waals surface area contributed by atoms with Crippen molar-refractivity contribution < 1.29 is 19.7 Å². The molecular weight excluding hydrogens is 186 g/mol. The molecule has 2 atom stereocenters. The quantitative estimate of drug-likeness (QED) is 0.492. The highest BCUT2D eigenvalue weighted by molar-refractivity contribution is 5.37. The zero-order valence-corrected chi connectivity index (χ0v) is 8.86. The molecule has 1 rings (SSSR count). The lowest BCUT2D eigenvalue weighted by Gasteiger charge is -2.14. The van der Waals surface area contributed by atoms with E-state index in [0.29, 0.717) is 19.6 Å². The summed E-state index contributed by atoms with van der Waals surface area (Å²) in [6, 6.07) is 0. The predicted octanol–water partition coefficient (Wildman–Crippen LogP) is -0.731. The average Bonchev–Trinajstić information content (AvgIpc) is 2.35. The Morgan fingerprint density at radius 2 is 1.71 bits per heavy atom. The predicted molar refractivity (Wildman–Crippen MR) is 51.8 cm³/mol. The van der Waals surface area contributed by atoms with Crippen LogP contribution in [0.15, 0.2) is 0 Å². The Morgan fingerprint density at radius 3 is 1.79 bits per heavy atom. The van der Waals surface area contributed by atoms with E-state index in [1.165, 1.54) is 0 Å². The fourth-order valence-corrected chi connectivity index (χ4v) is 0.796. The highest BCUT2D eigenvalue weighted by atomic mass is 16.5. The van der Waals surface area contributed by atoms with Crippen LogP contribution in [0, 0.1) is 0 Å². The maximum atomic E-state index is 9.60. The summed E-state index contributed by atoms with van der Waals surface area (Å²) in [6.45, 7) is 6.98. The summed E-state index contributed by atoms with van der Waals surface area (Å²) in [5.74, 6) is 0. The van der Waals surface area contributed by atoms with Gasteiger partial charge in [0.25, 0.3) is 6.47 Å². The van der Waals surface area contributed by atoms with Crippen molar-refractivity contribution in [2.24, 2.45) is 0 Å². The van der Waals surface area contributed by atoms with Crippen molar-refractivity contribution in [2.75, 3.05) is 13.1 Å². The van der Waals surface area contributed by atoms with Gasteiger partial charge in [-0.1, -0.05) is 0 Å². The minimum absolute atomic E-state index is 0.318. The maximum Gasteiger partial charge on any atom is 0.293 e. The molecule has 0 aromatic heterocycles. The lowest BCUT2D eigenvalue weighted by molar-refractivity contribution is -0.138. The lowest BCUT2D eigenvalue weighted by Crippen LogP contribution is -2.22. The minimum Gasteiger partial charge on any atom is -0.462 e. The van der Waals surface area contributed by atoms with Gasteiger partial charge >= 0.3 is 0 Å². The zero-order chi connectivity index (χ0) is 11.2. The molecule has 0 amide bonds. The smallest absolute Gasteiger partial charge is 0.293 e. The molecule has 1 saturated heterocycles. The van der Waals surface area contributed by atoms with Crippen molar-refractivity contribution >= 4 is 6.47 Å². The summed E-state index contributed by atoms with van der Waals surface area (Å²) in [6.07, 6.45) is -1.08. The Hall–Kier alpha value is -0.650. The fraction of sp³-hybridized carbons (Fsp3) is 0.889. The number of hydrogen-bond donors (Lipinski definition) is 3. The van der Waals surface area contributed by atoms with Gasteiger partial charge in [-0.25, -0.2) is 0 Å². The molecule has 5 heteroatoms. The molecule has 0 aliphatic carbocycles. The lowest BCUT2D eigenvalue weighted by atomic mass is 10.2. The normalized spacial score (nSPS) is 26.4. The van der Waals surface area contributed by atoms with Crippen molar-refractivity contribution in [3.63, 3.8) is 0 Å². The number of nitrogens with one attached hydrogen (secondary N) is 1. The Labute approximate surface area is 84.1 Å². The number of aliphatic hydroxyl groups excluding tert-OH is 2. The van der Waals surface area contributed by atoms with E-state index in [1.54, 1.807) is 0 Å². The van der Waals surface area contributed by atoms with Gasteiger partial charge in [-0.2, -0.15) is 0 Å². The van der Waals surface area contributed by atoms with Crippen LogP contribution in [0.5, 0.6) is 0 Å². The molecule has 0 saturated carbocycles. The van der Waals surface area contributed by atoms with E-state index in [4.69, 9.17) is 10.2 Å². The molecule has 0 radical (unpaired) electrons. The summed E-state index contributed by atoms with van der Waals surface area (Å²) in [4.78, 5) is 9.60. The largest absolute Gasteiger partial charge is 0.462 e. The van der Waals surface area contributed by atoms with Crippen LogP contribution < -0.4 is 5.32 Å². The van der Waals surface area contributed by atoms with Crippen molar-refractivity contribution in [1.82, 2.24) is 5.32 Å². The second-order valence-electron chi connectivity index (χ2n) is 4.12. The van der Waals surface area contributed by atoms with Gasteiger partial charge in [-0.05, 0) is 20.8 Å². The summed E-state index contributed by atoms with van der Waals surface area (Å²) in [7, 11) is 0. The molecule has 1 aliphatic heterocycles. The van der Waals surface area contributed by atoms with E-state index in [2.05, 4.69) is 10.1 Å². The molecule has 14 heavy (non-hydrogen) atoms. The van der Waals surface area contributed by atoms with Gasteiger partial charge in [-0.15, -0.1) is 0 Å². The van der Waals surface area contributed by atoms with E-state index in [9.17, 15) is 4.79 Å². The number of β-amino-alcohol motifs (C(OH)–C–C–N with tert-alkyl or cyclic N) is 2. The molecule has 84 valence electrons. The maximum absolute atomic E-state index is 9.60. The first kappa shape index (κ1) is 13.4. The number of rotatable bonds is 1. The minimum atomic E-state index is -0.542. The van der Waals surface area contributed by atoms with Gasteiger partial charge in [0.15, 0.2) is 0 Å². The fourth-order valence-electron chi connectivity index (χ4n) is 0.796. The number of ether oxygens (including phenoxy) is 1. The van der Waals surface area contributed by atoms with Gasteiger partial charge in [0.1, 0.15) is 5.60 Å². The second kappa shape index (κ2) is 5.95. The van der Waals surface area contributed by atoms with Crippen LogP contribution in [0.2, 0.25) is 0 Å². The van der Waals surface area contributed by atoms with Crippen LogP contribution in [0.1, 0.15) is 20.8 Å². The van der Waals surface area contributed by atoms with Gasteiger partial charge in [0.05, 0.1) is 12.2 Å². The van der Waals surface area contributed by atoms with E-state index < -0.39 is 12.2 Å². The standard InChI is InChI=1S/C5H10O2.C4H9NO2/c1-5(2,3)7-4-6;6-3-1-5-2-4(3)7/h4H,1-3H3;3-7H,1-2H2/t;3-,4-/m.1/s1. The van der Waals surface area contributed by atoms with Crippen LogP contribution in [0.4, 0.5) is 0 Å². The van der Waals surface area contributed by atoms with E-state index in [0.717, 1.165) is 0 Å². The van der Waals surface area contributed by atoms with Gasteiger partial charge in [-0.3, -0.25) is 4.79 Å². The number of carbonyl (C=O) groups excluding carboxylic acids is 1. The molecular formula is C9H19NO4. The molecule has 0 bridgehead atoms. The zero-order valence-electron chi connectivity index (χ0n) is 8.86. The Balaban J connectivity index is 0.000000241. The molecule has 1 fully saturated rings. The van der Waals surface area contributed by atoms with Crippen molar-refractivity contribution in [3.8, 4) is 0 Å². The summed E-state index contributed by atoms with van der Waals surface area (Å²) >= 11 is 0. The van der Waals surface area contributed by atoms with E-state index >= 15 is 0 Å². The average molecular weight is 205 g/mol. The van der Waals surface area contributed by atoms with Gasteiger partial charge < -0.3 is 20.3 Å². The first-order chi connectivity index (χ1) is 6.37. The summed E-state index contributed by atoms with van der Waals surface area (Å²) in [5.41, 5.74) is -0.318. The van der Waals surface area contributed by atoms with Crippen LogP contribution in [0.3, 0.4) is 0 Å². The Morgan fingerprint density at radius 1 is 1.29 bits per heavy atom. The van der Waals surface area contributed by atoms with E-state index in [1.807, 2.05) is 20.8 Å². The van der Waals surface area contributed by atoms with Crippen molar-refractivity contribution in [1.29, 1.82) is 0 Å². The first-order valence-corrected chi connectivity index (χ1v) is 4.55. The summed E-state index contributed by atoms with van der Waals surface area (Å²) in [5, 5.41) is 20.2. The Kier molecular flexibility index (Phi) is 5.68. The molecule has 1 heterocycles. The van der Waals surface area contributed by atoms with Crippen LogP contribution >= 0.6 is 0 Å². The first-order valence-electron chi connectivity index (χ1n) is 4.55. The third-order valence-electron chi connectivity index (χ3n) is 1.55. The third kappa shape index (κ3) is 6.82. The molecule has 0 spiro atoms. The number of aliphatic hydroxyl groups is 2. The molecule has 5 nitrogen and oxygen atoms in total. The number of carbonyl (C=O) groups is 1. The van der Waals surface area contributed by atoms with E-state index in [-0.39, 0.29) is 5.60 Å². The SMILES string of the molecule is CC(C)(C)OC=O.O[C@@H]1CNC[C@H]1O. The van der Waals surface area contributed by atoms with Crippen LogP contribution in [0.25, 0.3) is 0 Å². The second-order valence-corrected chi connectivity index (χ2v) is 4.12. The third-order valence-corrected chi connectivity index (χ3v) is 1.55. The topological polar surface area (TPSA) is 78.8 Å². The molecule has 0 unspecified atom stereocenters.